The molecule has 0 unspecified atom stereocenters. The van der Waals surface area contributed by atoms with E-state index in [4.69, 9.17) is 0 Å². The first-order valence-corrected chi connectivity index (χ1v) is 11.2. The third-order valence-electron chi connectivity index (χ3n) is 3.67. The zero-order valence-electron chi connectivity index (χ0n) is 10.4. The van der Waals surface area contributed by atoms with E-state index < -0.39 is 0 Å². The summed E-state index contributed by atoms with van der Waals surface area (Å²) in [5.41, 5.74) is 1.50. The molecule has 1 aliphatic rings. The molecule has 1 saturated carbocycles. The number of benzene rings is 1. The summed E-state index contributed by atoms with van der Waals surface area (Å²) in [4.78, 5) is 2.55. The zero-order chi connectivity index (χ0) is 12.1. The molecule has 1 fully saturated rings. The van der Waals surface area contributed by atoms with Crippen LogP contribution in [-0.4, -0.2) is 31.1 Å². The van der Waals surface area contributed by atoms with Crippen LogP contribution in [0.25, 0.3) is 0 Å². The maximum absolute atomic E-state index is 3.64. The molecule has 3 heteroatoms. The van der Waals surface area contributed by atoms with Gasteiger partial charge >= 0.3 is 118 Å². The number of rotatable bonds is 4. The molecule has 1 nitrogen and oxygen atoms in total. The molecule has 2 rings (SSSR count). The molecule has 1 aromatic rings. The van der Waals surface area contributed by atoms with Crippen LogP contribution in [-0.2, 0) is 6.54 Å². The van der Waals surface area contributed by atoms with Crippen molar-refractivity contribution in [3.63, 3.8) is 0 Å². The van der Waals surface area contributed by atoms with Gasteiger partial charge in [-0.1, -0.05) is 0 Å². The van der Waals surface area contributed by atoms with E-state index in [0.29, 0.717) is 13.1 Å². The molecule has 0 aromatic heterocycles. The summed E-state index contributed by atoms with van der Waals surface area (Å²) in [6.07, 6.45) is 7.04. The van der Waals surface area contributed by atoms with Crippen LogP contribution in [0.3, 0.4) is 0 Å². The molecule has 0 N–H and O–H groups in total. The van der Waals surface area contributed by atoms with E-state index in [0.717, 1.165) is 12.6 Å². The molecule has 94 valence electrons. The quantitative estimate of drug-likeness (QED) is 0.745. The average Bonchev–Trinajstić information content (AvgIpc) is 2.40. The number of hydrogen-bond acceptors (Lipinski definition) is 1. The van der Waals surface area contributed by atoms with Crippen molar-refractivity contribution in [1.29, 1.82) is 0 Å². The minimum atomic E-state index is 0.428. The van der Waals surface area contributed by atoms with E-state index in [-0.39, 0.29) is 0 Å². The summed E-state index contributed by atoms with van der Waals surface area (Å²) in [5, 5.41) is 0. The Morgan fingerprint density at radius 1 is 1.24 bits per heavy atom. The molecule has 0 bridgehead atoms. The van der Waals surface area contributed by atoms with Gasteiger partial charge in [-0.2, -0.15) is 0 Å². The first-order valence-electron chi connectivity index (χ1n) is 6.38. The Morgan fingerprint density at radius 3 is 2.65 bits per heavy atom. The minimum absolute atomic E-state index is 0.428. The van der Waals surface area contributed by atoms with Crippen LogP contribution >= 0.6 is 14.1 Å². The fourth-order valence-corrected chi connectivity index (χ4v) is 5.03. The molecule has 1 aromatic carbocycles. The van der Waals surface area contributed by atoms with E-state index in [1.54, 1.807) is 0 Å². The summed E-state index contributed by atoms with van der Waals surface area (Å²) in [6.45, 7) is 1.11. The van der Waals surface area contributed by atoms with Gasteiger partial charge in [-0.05, 0) is 0 Å². The van der Waals surface area contributed by atoms with Gasteiger partial charge in [0.15, 0.2) is 0 Å². The van der Waals surface area contributed by atoms with Gasteiger partial charge in [0.25, 0.3) is 0 Å². The molecular weight excluding hydrogens is 341 g/mol. The van der Waals surface area contributed by atoms with Crippen LogP contribution in [0.4, 0.5) is 0 Å². The molecule has 0 radical (unpaired) electrons. The Labute approximate surface area is 118 Å². The SMILES string of the molecule is CN(Cc1ccccc1[Se]Br)C1CCCCC1. The average molecular weight is 361 g/mol. The Morgan fingerprint density at radius 2 is 1.94 bits per heavy atom. The van der Waals surface area contributed by atoms with Gasteiger partial charge in [0.05, 0.1) is 0 Å². The van der Waals surface area contributed by atoms with E-state index in [2.05, 4.69) is 50.3 Å². The predicted octanol–water partition coefficient (Wildman–Crippen LogP) is 3.09. The van der Waals surface area contributed by atoms with Crippen LogP contribution in [0, 0.1) is 0 Å². The Hall–Kier alpha value is 0.179. The van der Waals surface area contributed by atoms with Crippen molar-refractivity contribution in [2.45, 2.75) is 44.7 Å². The standard InChI is InChI=1S/C14H20BrNSe/c1-16(13-8-3-2-4-9-13)11-12-7-5-6-10-14(12)17-15/h5-7,10,13H,2-4,8-9,11H2,1H3. The predicted molar refractivity (Wildman–Crippen MR) is 79.1 cm³/mol. The molecule has 0 amide bonds. The second-order valence-electron chi connectivity index (χ2n) is 4.89. The maximum atomic E-state index is 3.64. The van der Waals surface area contributed by atoms with Gasteiger partial charge in [-0.3, -0.25) is 0 Å². The van der Waals surface area contributed by atoms with Crippen molar-refractivity contribution >= 4 is 31.7 Å². The van der Waals surface area contributed by atoms with Crippen molar-refractivity contribution in [2.75, 3.05) is 7.05 Å². The van der Waals surface area contributed by atoms with Crippen LogP contribution in [0.5, 0.6) is 0 Å². The first kappa shape index (κ1) is 13.6. The molecule has 0 heterocycles. The van der Waals surface area contributed by atoms with Crippen LogP contribution < -0.4 is 4.46 Å². The summed E-state index contributed by atoms with van der Waals surface area (Å²) >= 11 is 4.07. The fourth-order valence-electron chi connectivity index (χ4n) is 2.63. The normalized spacial score (nSPS) is 17.6. The monoisotopic (exact) mass is 361 g/mol. The second kappa shape index (κ2) is 6.94. The van der Waals surface area contributed by atoms with Gasteiger partial charge < -0.3 is 0 Å². The van der Waals surface area contributed by atoms with Crippen LogP contribution in [0.15, 0.2) is 24.3 Å². The zero-order valence-corrected chi connectivity index (χ0v) is 13.7. The molecule has 0 spiro atoms. The summed E-state index contributed by atoms with van der Waals surface area (Å²) in [5.74, 6) is 0. The van der Waals surface area contributed by atoms with Crippen molar-refractivity contribution in [3.05, 3.63) is 29.8 Å². The summed E-state index contributed by atoms with van der Waals surface area (Å²) < 4.78 is 1.49. The van der Waals surface area contributed by atoms with Gasteiger partial charge in [0.1, 0.15) is 0 Å². The van der Waals surface area contributed by atoms with E-state index >= 15 is 0 Å². The number of nitrogens with zero attached hydrogens (tertiary/aromatic N) is 1. The fraction of sp³-hybridized carbons (Fsp3) is 0.571. The molecule has 0 atom stereocenters. The van der Waals surface area contributed by atoms with Crippen molar-refractivity contribution in [1.82, 2.24) is 4.90 Å². The van der Waals surface area contributed by atoms with Crippen molar-refractivity contribution < 1.29 is 0 Å². The van der Waals surface area contributed by atoms with Gasteiger partial charge in [0.2, 0.25) is 0 Å². The van der Waals surface area contributed by atoms with E-state index in [1.807, 2.05) is 0 Å². The van der Waals surface area contributed by atoms with Gasteiger partial charge in [0, 0.05) is 0 Å². The van der Waals surface area contributed by atoms with Crippen molar-refractivity contribution in [3.8, 4) is 0 Å². The number of halogens is 1. The first-order chi connectivity index (χ1) is 8.31. The van der Waals surface area contributed by atoms with Crippen LogP contribution in [0.2, 0.25) is 0 Å². The Balaban J connectivity index is 1.99. The summed E-state index contributed by atoms with van der Waals surface area (Å²) in [7, 11) is 2.29. The molecule has 0 aliphatic heterocycles. The van der Waals surface area contributed by atoms with E-state index in [9.17, 15) is 0 Å². The second-order valence-corrected chi connectivity index (χ2v) is 7.82. The van der Waals surface area contributed by atoms with Crippen molar-refractivity contribution in [2.24, 2.45) is 0 Å². The summed E-state index contributed by atoms with van der Waals surface area (Å²) in [6, 6.07) is 9.63. The third-order valence-corrected chi connectivity index (χ3v) is 6.67. The van der Waals surface area contributed by atoms with Gasteiger partial charge in [-0.25, -0.2) is 0 Å². The molecule has 0 saturated heterocycles. The molecule has 17 heavy (non-hydrogen) atoms. The van der Waals surface area contributed by atoms with E-state index in [1.165, 1.54) is 42.1 Å². The topological polar surface area (TPSA) is 3.24 Å². The third kappa shape index (κ3) is 3.82. The number of hydrogen-bond donors (Lipinski definition) is 0. The Bertz CT molecular complexity index is 350. The molecular formula is C14H20BrNSe. The van der Waals surface area contributed by atoms with Gasteiger partial charge in [-0.15, -0.1) is 0 Å². The molecule has 1 aliphatic carbocycles. The Kier molecular flexibility index (Phi) is 5.55. The van der Waals surface area contributed by atoms with Crippen LogP contribution in [0.1, 0.15) is 37.7 Å².